The standard InChI is InChI=1S/C21H28N6O3/c1-2-30-21(29)25-18-7-3-6-17(16-18)19(28)22-10-5-11-26-12-14-27(15-13-26)20-23-8-4-9-24-20/h3-4,6-9,16H,2,5,10-15H2,1H3,(H,22,28)(H,25,29). The third-order valence-corrected chi connectivity index (χ3v) is 4.79. The molecular weight excluding hydrogens is 384 g/mol. The van der Waals surface area contributed by atoms with Crippen molar-refractivity contribution in [2.45, 2.75) is 13.3 Å². The van der Waals surface area contributed by atoms with Crippen LogP contribution in [0.4, 0.5) is 16.4 Å². The van der Waals surface area contributed by atoms with Crippen LogP contribution in [0.25, 0.3) is 0 Å². The molecule has 0 bridgehead atoms. The summed E-state index contributed by atoms with van der Waals surface area (Å²) in [5.41, 5.74) is 1.03. The molecule has 2 N–H and O–H groups in total. The van der Waals surface area contributed by atoms with E-state index in [1.54, 1.807) is 43.6 Å². The van der Waals surface area contributed by atoms with E-state index in [4.69, 9.17) is 4.74 Å². The van der Waals surface area contributed by atoms with Crippen molar-refractivity contribution < 1.29 is 14.3 Å². The van der Waals surface area contributed by atoms with Crippen LogP contribution in [0.5, 0.6) is 0 Å². The summed E-state index contributed by atoms with van der Waals surface area (Å²) < 4.78 is 4.85. The minimum absolute atomic E-state index is 0.159. The number of amides is 2. The van der Waals surface area contributed by atoms with E-state index in [9.17, 15) is 9.59 Å². The molecule has 1 aromatic heterocycles. The second kappa shape index (κ2) is 11.1. The van der Waals surface area contributed by atoms with Crippen LogP contribution < -0.4 is 15.5 Å². The average molecular weight is 412 g/mol. The Morgan fingerprint density at radius 3 is 2.60 bits per heavy atom. The summed E-state index contributed by atoms with van der Waals surface area (Å²) >= 11 is 0. The first kappa shape index (κ1) is 21.5. The van der Waals surface area contributed by atoms with Gasteiger partial charge < -0.3 is 15.0 Å². The summed E-state index contributed by atoms with van der Waals surface area (Å²) in [6.07, 6.45) is 3.86. The molecule has 0 saturated carbocycles. The van der Waals surface area contributed by atoms with Crippen LogP contribution in [0, 0.1) is 0 Å². The molecule has 1 fully saturated rings. The zero-order valence-electron chi connectivity index (χ0n) is 17.2. The number of nitrogens with zero attached hydrogens (tertiary/aromatic N) is 4. The number of rotatable bonds is 8. The average Bonchev–Trinajstić information content (AvgIpc) is 2.78. The van der Waals surface area contributed by atoms with Gasteiger partial charge in [-0.15, -0.1) is 0 Å². The first-order chi connectivity index (χ1) is 14.7. The summed E-state index contributed by atoms with van der Waals surface area (Å²) in [6.45, 7) is 7.25. The number of aromatic nitrogens is 2. The van der Waals surface area contributed by atoms with Gasteiger partial charge in [0.1, 0.15) is 0 Å². The zero-order chi connectivity index (χ0) is 21.2. The molecule has 30 heavy (non-hydrogen) atoms. The highest BCUT2D eigenvalue weighted by Gasteiger charge is 2.18. The molecule has 1 aliphatic rings. The molecule has 0 aliphatic carbocycles. The minimum Gasteiger partial charge on any atom is -0.450 e. The number of piperazine rings is 1. The lowest BCUT2D eigenvalue weighted by atomic mass is 10.2. The number of nitrogens with one attached hydrogen (secondary N) is 2. The molecule has 1 aliphatic heterocycles. The monoisotopic (exact) mass is 412 g/mol. The van der Waals surface area contributed by atoms with Gasteiger partial charge in [0.05, 0.1) is 6.61 Å². The number of ether oxygens (including phenoxy) is 1. The lowest BCUT2D eigenvalue weighted by Gasteiger charge is -2.34. The van der Waals surface area contributed by atoms with Crippen molar-refractivity contribution in [2.24, 2.45) is 0 Å². The predicted octanol–water partition coefficient (Wildman–Crippen LogP) is 1.99. The van der Waals surface area contributed by atoms with Gasteiger partial charge in [-0.05, 0) is 44.2 Å². The second-order valence-corrected chi connectivity index (χ2v) is 6.91. The third-order valence-electron chi connectivity index (χ3n) is 4.79. The van der Waals surface area contributed by atoms with Gasteiger partial charge in [0.15, 0.2) is 0 Å². The summed E-state index contributed by atoms with van der Waals surface area (Å²) in [7, 11) is 0. The van der Waals surface area contributed by atoms with Crippen LogP contribution in [-0.2, 0) is 4.74 Å². The van der Waals surface area contributed by atoms with Crippen LogP contribution in [0.3, 0.4) is 0 Å². The van der Waals surface area contributed by atoms with Gasteiger partial charge in [0.2, 0.25) is 5.95 Å². The summed E-state index contributed by atoms with van der Waals surface area (Å²) in [5.74, 6) is 0.623. The van der Waals surface area contributed by atoms with Crippen molar-refractivity contribution in [3.05, 3.63) is 48.3 Å². The lowest BCUT2D eigenvalue weighted by Crippen LogP contribution is -2.47. The van der Waals surface area contributed by atoms with Crippen LogP contribution in [0.1, 0.15) is 23.7 Å². The highest BCUT2D eigenvalue weighted by atomic mass is 16.5. The maximum atomic E-state index is 12.4. The number of anilines is 2. The SMILES string of the molecule is CCOC(=O)Nc1cccc(C(=O)NCCCN2CCN(c3ncccn3)CC2)c1. The van der Waals surface area contributed by atoms with Gasteiger partial charge in [-0.25, -0.2) is 14.8 Å². The lowest BCUT2D eigenvalue weighted by molar-refractivity contribution is 0.0951. The Morgan fingerprint density at radius 1 is 1.10 bits per heavy atom. The van der Waals surface area contributed by atoms with Crippen LogP contribution in [0.15, 0.2) is 42.7 Å². The Morgan fingerprint density at radius 2 is 1.87 bits per heavy atom. The van der Waals surface area contributed by atoms with Crippen molar-refractivity contribution >= 4 is 23.6 Å². The highest BCUT2D eigenvalue weighted by Crippen LogP contribution is 2.12. The molecule has 2 heterocycles. The fourth-order valence-electron chi connectivity index (χ4n) is 3.26. The highest BCUT2D eigenvalue weighted by molar-refractivity contribution is 5.96. The van der Waals surface area contributed by atoms with Crippen molar-refractivity contribution in [3.63, 3.8) is 0 Å². The van der Waals surface area contributed by atoms with Gasteiger partial charge in [0, 0.05) is 56.4 Å². The van der Waals surface area contributed by atoms with Gasteiger partial charge in [-0.3, -0.25) is 15.0 Å². The Balaban J connectivity index is 1.36. The molecule has 2 aromatic rings. The van der Waals surface area contributed by atoms with E-state index in [2.05, 4.69) is 30.4 Å². The topological polar surface area (TPSA) is 99.7 Å². The minimum atomic E-state index is -0.533. The van der Waals surface area contributed by atoms with Crippen LogP contribution in [0.2, 0.25) is 0 Å². The molecule has 9 heteroatoms. The zero-order valence-corrected chi connectivity index (χ0v) is 17.2. The fraction of sp³-hybridized carbons (Fsp3) is 0.429. The van der Waals surface area contributed by atoms with E-state index in [0.29, 0.717) is 24.4 Å². The van der Waals surface area contributed by atoms with E-state index >= 15 is 0 Å². The maximum absolute atomic E-state index is 12.4. The van der Waals surface area contributed by atoms with E-state index in [1.807, 2.05) is 6.07 Å². The molecule has 1 saturated heterocycles. The number of hydrogen-bond acceptors (Lipinski definition) is 7. The van der Waals surface area contributed by atoms with E-state index in [1.165, 1.54) is 0 Å². The first-order valence-electron chi connectivity index (χ1n) is 10.2. The first-order valence-corrected chi connectivity index (χ1v) is 10.2. The van der Waals surface area contributed by atoms with E-state index < -0.39 is 6.09 Å². The van der Waals surface area contributed by atoms with Gasteiger partial charge >= 0.3 is 6.09 Å². The summed E-state index contributed by atoms with van der Waals surface area (Å²) in [6, 6.07) is 8.62. The summed E-state index contributed by atoms with van der Waals surface area (Å²) in [4.78, 5) is 37.1. The molecule has 9 nitrogen and oxygen atoms in total. The Hall–Kier alpha value is -3.20. The third kappa shape index (κ3) is 6.41. The molecule has 2 amide bonds. The molecule has 1 aromatic carbocycles. The quantitative estimate of drug-likeness (QED) is 0.640. The van der Waals surface area contributed by atoms with Crippen molar-refractivity contribution in [3.8, 4) is 0 Å². The van der Waals surface area contributed by atoms with Crippen molar-refractivity contribution in [1.29, 1.82) is 0 Å². The number of benzene rings is 1. The smallest absolute Gasteiger partial charge is 0.411 e. The van der Waals surface area contributed by atoms with Gasteiger partial charge in [0.25, 0.3) is 5.91 Å². The predicted molar refractivity (Wildman–Crippen MR) is 115 cm³/mol. The van der Waals surface area contributed by atoms with Gasteiger partial charge in [-0.1, -0.05) is 6.07 Å². The molecule has 0 spiro atoms. The molecule has 0 unspecified atom stereocenters. The molecular formula is C21H28N6O3. The number of carbonyl (C=O) groups excluding carboxylic acids is 2. The van der Waals surface area contributed by atoms with E-state index in [0.717, 1.165) is 45.1 Å². The van der Waals surface area contributed by atoms with E-state index in [-0.39, 0.29) is 5.91 Å². The molecule has 160 valence electrons. The Kier molecular flexibility index (Phi) is 7.96. The molecule has 0 radical (unpaired) electrons. The van der Waals surface area contributed by atoms with Crippen LogP contribution in [-0.4, -0.2) is 72.7 Å². The number of carbonyl (C=O) groups is 2. The van der Waals surface area contributed by atoms with Crippen LogP contribution >= 0.6 is 0 Å². The Labute approximate surface area is 176 Å². The summed E-state index contributed by atoms with van der Waals surface area (Å²) in [5, 5.41) is 5.54. The van der Waals surface area contributed by atoms with Crippen molar-refractivity contribution in [2.75, 3.05) is 56.1 Å². The molecule has 0 atom stereocenters. The Bertz CT molecular complexity index is 825. The normalized spacial score (nSPS) is 14.2. The number of hydrogen-bond donors (Lipinski definition) is 2. The fourth-order valence-corrected chi connectivity index (χ4v) is 3.26. The second-order valence-electron chi connectivity index (χ2n) is 6.91. The largest absolute Gasteiger partial charge is 0.450 e. The molecule has 3 rings (SSSR count). The van der Waals surface area contributed by atoms with Crippen molar-refractivity contribution in [1.82, 2.24) is 20.2 Å². The van der Waals surface area contributed by atoms with Gasteiger partial charge in [-0.2, -0.15) is 0 Å². The maximum Gasteiger partial charge on any atom is 0.411 e.